The zero-order chi connectivity index (χ0) is 16.7. The highest BCUT2D eigenvalue weighted by atomic mass is 79.9. The molecule has 0 heterocycles. The fourth-order valence-electron chi connectivity index (χ4n) is 1.95. The first-order valence-electron chi connectivity index (χ1n) is 7.16. The molecule has 0 aliphatic carbocycles. The van der Waals surface area contributed by atoms with Crippen molar-refractivity contribution in [3.05, 3.63) is 58.6 Å². The number of rotatable bonds is 6. The summed E-state index contributed by atoms with van der Waals surface area (Å²) in [4.78, 5) is 24.0. The van der Waals surface area contributed by atoms with Crippen molar-refractivity contribution in [2.75, 3.05) is 18.5 Å². The van der Waals surface area contributed by atoms with Crippen LogP contribution in [0.2, 0.25) is 0 Å². The Kier molecular flexibility index (Phi) is 6.17. The van der Waals surface area contributed by atoms with Crippen LogP contribution in [-0.4, -0.2) is 25.0 Å². The summed E-state index contributed by atoms with van der Waals surface area (Å²) in [6.07, 6.45) is 0. The first-order valence-corrected chi connectivity index (χ1v) is 7.95. The van der Waals surface area contributed by atoms with Gasteiger partial charge in [0, 0.05) is 4.47 Å². The second-order valence-corrected chi connectivity index (χ2v) is 5.49. The molecular weight excluding hydrogens is 360 g/mol. The normalized spacial score (nSPS) is 10.0. The van der Waals surface area contributed by atoms with Gasteiger partial charge in [0.05, 0.1) is 24.4 Å². The predicted molar refractivity (Wildman–Crippen MR) is 92.7 cm³/mol. The molecule has 2 rings (SSSR count). The van der Waals surface area contributed by atoms with Crippen LogP contribution in [0.5, 0.6) is 5.75 Å². The molecule has 6 heteroatoms. The number of carbonyl (C=O) groups is 2. The standard InChI is InChI=1S/C17H17BrN2O3/c1-2-23-15-10-6-5-9-14(15)20-16(21)11-19-17(22)12-7-3-4-8-13(12)18/h3-10H,2,11H2,1H3,(H,19,22)(H,20,21). The summed E-state index contributed by atoms with van der Waals surface area (Å²) in [6, 6.07) is 14.2. The number of para-hydroxylation sites is 2. The minimum absolute atomic E-state index is 0.124. The Hall–Kier alpha value is -2.34. The third-order valence-electron chi connectivity index (χ3n) is 2.99. The van der Waals surface area contributed by atoms with Crippen molar-refractivity contribution in [2.45, 2.75) is 6.92 Å². The Balaban J connectivity index is 1.93. The zero-order valence-corrected chi connectivity index (χ0v) is 14.2. The summed E-state index contributed by atoms with van der Waals surface area (Å²) in [5.41, 5.74) is 1.06. The minimum Gasteiger partial charge on any atom is -0.492 e. The monoisotopic (exact) mass is 376 g/mol. The van der Waals surface area contributed by atoms with Crippen molar-refractivity contribution in [3.8, 4) is 5.75 Å². The molecule has 0 aliphatic rings. The van der Waals surface area contributed by atoms with Gasteiger partial charge >= 0.3 is 0 Å². The Morgan fingerprint density at radius 3 is 2.52 bits per heavy atom. The van der Waals surface area contributed by atoms with Crippen molar-refractivity contribution in [2.24, 2.45) is 0 Å². The van der Waals surface area contributed by atoms with Gasteiger partial charge in [-0.3, -0.25) is 9.59 Å². The van der Waals surface area contributed by atoms with Gasteiger partial charge in [-0.2, -0.15) is 0 Å². The Morgan fingerprint density at radius 2 is 1.78 bits per heavy atom. The highest BCUT2D eigenvalue weighted by Gasteiger charge is 2.12. The van der Waals surface area contributed by atoms with Crippen LogP contribution >= 0.6 is 15.9 Å². The lowest BCUT2D eigenvalue weighted by Crippen LogP contribution is -2.33. The van der Waals surface area contributed by atoms with Gasteiger partial charge in [0.25, 0.3) is 5.91 Å². The Morgan fingerprint density at radius 1 is 1.09 bits per heavy atom. The Labute approximate surface area is 143 Å². The molecule has 0 radical (unpaired) electrons. The maximum Gasteiger partial charge on any atom is 0.252 e. The van der Waals surface area contributed by atoms with E-state index >= 15 is 0 Å². The van der Waals surface area contributed by atoms with Crippen molar-refractivity contribution >= 4 is 33.4 Å². The average molecular weight is 377 g/mol. The number of amides is 2. The minimum atomic E-state index is -0.322. The van der Waals surface area contributed by atoms with Gasteiger partial charge < -0.3 is 15.4 Å². The predicted octanol–water partition coefficient (Wildman–Crippen LogP) is 3.22. The topological polar surface area (TPSA) is 67.4 Å². The van der Waals surface area contributed by atoms with Crippen molar-refractivity contribution in [1.82, 2.24) is 5.32 Å². The number of ether oxygens (including phenoxy) is 1. The lowest BCUT2D eigenvalue weighted by atomic mass is 10.2. The maximum absolute atomic E-state index is 12.0. The van der Waals surface area contributed by atoms with Crippen LogP contribution in [0.3, 0.4) is 0 Å². The van der Waals surface area contributed by atoms with E-state index in [0.29, 0.717) is 28.1 Å². The van der Waals surface area contributed by atoms with Crippen LogP contribution in [0.25, 0.3) is 0 Å². The molecular formula is C17H17BrN2O3. The van der Waals surface area contributed by atoms with Gasteiger partial charge in [-0.25, -0.2) is 0 Å². The van der Waals surface area contributed by atoms with Crippen LogP contribution < -0.4 is 15.4 Å². The molecule has 0 spiro atoms. The SMILES string of the molecule is CCOc1ccccc1NC(=O)CNC(=O)c1ccccc1Br. The smallest absolute Gasteiger partial charge is 0.252 e. The molecule has 2 N–H and O–H groups in total. The third kappa shape index (κ3) is 4.82. The molecule has 120 valence electrons. The molecule has 0 atom stereocenters. The van der Waals surface area contributed by atoms with E-state index in [9.17, 15) is 9.59 Å². The van der Waals surface area contributed by atoms with Crippen LogP contribution in [0.4, 0.5) is 5.69 Å². The van der Waals surface area contributed by atoms with Gasteiger partial charge in [-0.05, 0) is 47.1 Å². The summed E-state index contributed by atoms with van der Waals surface area (Å²) in [5, 5.41) is 5.32. The summed E-state index contributed by atoms with van der Waals surface area (Å²) in [6.45, 7) is 2.25. The second-order valence-electron chi connectivity index (χ2n) is 4.64. The molecule has 23 heavy (non-hydrogen) atoms. The fourth-order valence-corrected chi connectivity index (χ4v) is 2.41. The number of halogens is 1. The Bertz CT molecular complexity index is 704. The summed E-state index contributed by atoms with van der Waals surface area (Å²) >= 11 is 3.31. The van der Waals surface area contributed by atoms with Crippen molar-refractivity contribution < 1.29 is 14.3 Å². The van der Waals surface area contributed by atoms with Gasteiger partial charge in [0.1, 0.15) is 5.75 Å². The molecule has 2 aromatic rings. The zero-order valence-electron chi connectivity index (χ0n) is 12.6. The van der Waals surface area contributed by atoms with E-state index in [0.717, 1.165) is 0 Å². The first-order chi connectivity index (χ1) is 11.1. The van der Waals surface area contributed by atoms with E-state index in [1.807, 2.05) is 19.1 Å². The molecule has 0 bridgehead atoms. The number of carbonyl (C=O) groups excluding carboxylic acids is 2. The number of hydrogen-bond donors (Lipinski definition) is 2. The van der Waals surface area contributed by atoms with E-state index in [1.54, 1.807) is 36.4 Å². The van der Waals surface area contributed by atoms with E-state index in [4.69, 9.17) is 4.74 Å². The van der Waals surface area contributed by atoms with Crippen molar-refractivity contribution in [3.63, 3.8) is 0 Å². The van der Waals surface area contributed by atoms with E-state index in [2.05, 4.69) is 26.6 Å². The molecule has 0 aliphatic heterocycles. The molecule has 5 nitrogen and oxygen atoms in total. The average Bonchev–Trinajstić information content (AvgIpc) is 2.55. The maximum atomic E-state index is 12.0. The van der Waals surface area contributed by atoms with Gasteiger partial charge in [-0.15, -0.1) is 0 Å². The number of nitrogens with one attached hydrogen (secondary N) is 2. The molecule has 0 aromatic heterocycles. The lowest BCUT2D eigenvalue weighted by Gasteiger charge is -2.12. The highest BCUT2D eigenvalue weighted by Crippen LogP contribution is 2.23. The van der Waals surface area contributed by atoms with E-state index < -0.39 is 0 Å². The van der Waals surface area contributed by atoms with Gasteiger partial charge in [0.2, 0.25) is 5.91 Å². The molecule has 2 aromatic carbocycles. The summed E-state index contributed by atoms with van der Waals surface area (Å²) in [7, 11) is 0. The van der Waals surface area contributed by atoms with E-state index in [-0.39, 0.29) is 18.4 Å². The van der Waals surface area contributed by atoms with Crippen LogP contribution in [0.1, 0.15) is 17.3 Å². The largest absolute Gasteiger partial charge is 0.492 e. The molecule has 0 fully saturated rings. The molecule has 0 saturated carbocycles. The van der Waals surface area contributed by atoms with Crippen LogP contribution in [-0.2, 0) is 4.79 Å². The number of benzene rings is 2. The third-order valence-corrected chi connectivity index (χ3v) is 3.68. The van der Waals surface area contributed by atoms with Gasteiger partial charge in [-0.1, -0.05) is 24.3 Å². The highest BCUT2D eigenvalue weighted by molar-refractivity contribution is 9.10. The molecule has 0 saturated heterocycles. The van der Waals surface area contributed by atoms with Crippen LogP contribution in [0, 0.1) is 0 Å². The number of hydrogen-bond acceptors (Lipinski definition) is 3. The molecule has 0 unspecified atom stereocenters. The lowest BCUT2D eigenvalue weighted by molar-refractivity contribution is -0.115. The second kappa shape index (κ2) is 8.33. The quantitative estimate of drug-likeness (QED) is 0.813. The summed E-state index contributed by atoms with van der Waals surface area (Å²) < 4.78 is 6.12. The first kappa shape index (κ1) is 17.0. The molecule has 2 amide bonds. The fraction of sp³-hybridized carbons (Fsp3) is 0.176. The van der Waals surface area contributed by atoms with Gasteiger partial charge in [0.15, 0.2) is 0 Å². The van der Waals surface area contributed by atoms with Crippen molar-refractivity contribution in [1.29, 1.82) is 0 Å². The number of anilines is 1. The summed E-state index contributed by atoms with van der Waals surface area (Å²) in [5.74, 6) is -0.0382. The van der Waals surface area contributed by atoms with Crippen LogP contribution in [0.15, 0.2) is 53.0 Å². The van der Waals surface area contributed by atoms with E-state index in [1.165, 1.54) is 0 Å².